The van der Waals surface area contributed by atoms with Crippen LogP contribution in [0.15, 0.2) is 42.6 Å². The molecular formula is C17H20N2O2. The molecule has 0 spiro atoms. The smallest absolute Gasteiger partial charge is 0.191 e. The molecule has 1 aliphatic rings. The van der Waals surface area contributed by atoms with Crippen LogP contribution in [0.5, 0.6) is 0 Å². The number of nitrogens with zero attached hydrogens (tertiary/aromatic N) is 2. The van der Waals surface area contributed by atoms with Gasteiger partial charge in [-0.1, -0.05) is 30.3 Å². The van der Waals surface area contributed by atoms with Gasteiger partial charge in [-0.25, -0.2) is 0 Å². The zero-order valence-electron chi connectivity index (χ0n) is 12.3. The zero-order chi connectivity index (χ0) is 14.7. The number of ether oxygens (including phenoxy) is 1. The van der Waals surface area contributed by atoms with Crippen molar-refractivity contribution in [1.29, 1.82) is 0 Å². The highest BCUT2D eigenvalue weighted by molar-refractivity contribution is 6.03. The predicted octanol–water partition coefficient (Wildman–Crippen LogP) is 2.83. The van der Waals surface area contributed by atoms with Crippen molar-refractivity contribution in [2.75, 3.05) is 13.2 Å². The average Bonchev–Trinajstić information content (AvgIpc) is 3.04. The number of carbonyl (C=O) groups excluding carboxylic acids is 1. The first-order valence-electron chi connectivity index (χ1n) is 7.48. The molecule has 2 heterocycles. The van der Waals surface area contributed by atoms with E-state index in [9.17, 15) is 4.79 Å². The van der Waals surface area contributed by atoms with E-state index in [1.54, 1.807) is 10.9 Å². The van der Waals surface area contributed by atoms with Gasteiger partial charge in [-0.15, -0.1) is 0 Å². The fourth-order valence-corrected chi connectivity index (χ4v) is 3.15. The normalized spacial score (nSPS) is 17.6. The van der Waals surface area contributed by atoms with Crippen LogP contribution in [0, 0.1) is 0 Å². The van der Waals surface area contributed by atoms with Crippen molar-refractivity contribution in [3.63, 3.8) is 0 Å². The SMILES string of the molecule is CCn1nccc1C(=O)C1(c2ccccc2)CCOCC1. The average molecular weight is 284 g/mol. The van der Waals surface area contributed by atoms with E-state index in [2.05, 4.69) is 17.2 Å². The number of Topliss-reactive ketones (excluding diaryl/α,β-unsaturated/α-hetero) is 1. The number of rotatable bonds is 4. The molecule has 4 nitrogen and oxygen atoms in total. The van der Waals surface area contributed by atoms with Crippen LogP contribution in [0.2, 0.25) is 0 Å². The van der Waals surface area contributed by atoms with Gasteiger partial charge >= 0.3 is 0 Å². The van der Waals surface area contributed by atoms with E-state index >= 15 is 0 Å². The summed E-state index contributed by atoms with van der Waals surface area (Å²) in [6.07, 6.45) is 3.16. The molecule has 3 rings (SSSR count). The highest BCUT2D eigenvalue weighted by Gasteiger charge is 2.42. The highest BCUT2D eigenvalue weighted by Crippen LogP contribution is 2.37. The third-order valence-electron chi connectivity index (χ3n) is 4.36. The summed E-state index contributed by atoms with van der Waals surface area (Å²) in [7, 11) is 0. The van der Waals surface area contributed by atoms with E-state index < -0.39 is 5.41 Å². The number of hydrogen-bond donors (Lipinski definition) is 0. The number of aromatic nitrogens is 2. The van der Waals surface area contributed by atoms with E-state index in [-0.39, 0.29) is 5.78 Å². The third-order valence-corrected chi connectivity index (χ3v) is 4.36. The van der Waals surface area contributed by atoms with E-state index in [0.29, 0.717) is 25.5 Å². The molecule has 0 atom stereocenters. The first-order valence-corrected chi connectivity index (χ1v) is 7.48. The van der Waals surface area contributed by atoms with Gasteiger partial charge in [0.1, 0.15) is 5.69 Å². The summed E-state index contributed by atoms with van der Waals surface area (Å²) < 4.78 is 7.28. The van der Waals surface area contributed by atoms with Crippen LogP contribution < -0.4 is 0 Å². The summed E-state index contributed by atoms with van der Waals surface area (Å²) >= 11 is 0. The first-order chi connectivity index (χ1) is 10.3. The summed E-state index contributed by atoms with van der Waals surface area (Å²) in [6.45, 7) is 3.96. The second-order valence-corrected chi connectivity index (χ2v) is 5.42. The maximum absolute atomic E-state index is 13.2. The first kappa shape index (κ1) is 14.0. The molecule has 1 aromatic carbocycles. The van der Waals surface area contributed by atoms with E-state index in [1.165, 1.54) is 0 Å². The lowest BCUT2D eigenvalue weighted by Gasteiger charge is -2.36. The minimum absolute atomic E-state index is 0.163. The van der Waals surface area contributed by atoms with Crippen LogP contribution in [0.3, 0.4) is 0 Å². The monoisotopic (exact) mass is 284 g/mol. The van der Waals surface area contributed by atoms with Gasteiger partial charge in [0.25, 0.3) is 0 Å². The molecule has 110 valence electrons. The summed E-state index contributed by atoms with van der Waals surface area (Å²) in [5, 5.41) is 4.24. The Kier molecular flexibility index (Phi) is 3.88. The van der Waals surface area contributed by atoms with Gasteiger partial charge in [-0.05, 0) is 31.4 Å². The number of carbonyl (C=O) groups is 1. The maximum atomic E-state index is 13.2. The molecule has 1 aliphatic heterocycles. The van der Waals surface area contributed by atoms with Gasteiger partial charge in [-0.3, -0.25) is 9.48 Å². The lowest BCUT2D eigenvalue weighted by Crippen LogP contribution is -2.42. The second-order valence-electron chi connectivity index (χ2n) is 5.42. The fourth-order valence-electron chi connectivity index (χ4n) is 3.15. The number of hydrogen-bond acceptors (Lipinski definition) is 3. The van der Waals surface area contributed by atoms with Crippen molar-refractivity contribution in [3.8, 4) is 0 Å². The lowest BCUT2D eigenvalue weighted by molar-refractivity contribution is 0.0417. The lowest BCUT2D eigenvalue weighted by atomic mass is 9.70. The minimum Gasteiger partial charge on any atom is -0.381 e. The summed E-state index contributed by atoms with van der Waals surface area (Å²) in [5.41, 5.74) is 1.30. The number of benzene rings is 1. The standard InChI is InChI=1S/C17H20N2O2/c1-2-19-15(8-11-18-19)16(20)17(9-12-21-13-10-17)14-6-4-3-5-7-14/h3-8,11H,2,9-10,12-13H2,1H3. The van der Waals surface area contributed by atoms with Crippen molar-refractivity contribution >= 4 is 5.78 Å². The Hall–Kier alpha value is -1.94. The van der Waals surface area contributed by atoms with Crippen LogP contribution in [0.4, 0.5) is 0 Å². The Labute approximate surface area is 124 Å². The fraction of sp³-hybridized carbons (Fsp3) is 0.412. The Morgan fingerprint density at radius 3 is 2.62 bits per heavy atom. The van der Waals surface area contributed by atoms with Gasteiger partial charge in [0.15, 0.2) is 5.78 Å². The van der Waals surface area contributed by atoms with Gasteiger partial charge in [0.05, 0.1) is 5.41 Å². The van der Waals surface area contributed by atoms with Crippen molar-refractivity contribution in [2.45, 2.75) is 31.7 Å². The van der Waals surface area contributed by atoms with Crippen molar-refractivity contribution in [3.05, 3.63) is 53.9 Å². The molecule has 0 unspecified atom stereocenters. The van der Waals surface area contributed by atoms with Gasteiger partial charge in [-0.2, -0.15) is 5.10 Å². The quantitative estimate of drug-likeness (QED) is 0.811. The summed E-state index contributed by atoms with van der Waals surface area (Å²) in [6, 6.07) is 11.9. The molecule has 0 saturated carbocycles. The Balaban J connectivity index is 2.06. The summed E-state index contributed by atoms with van der Waals surface area (Å²) in [4.78, 5) is 13.2. The van der Waals surface area contributed by atoms with Crippen LogP contribution in [-0.4, -0.2) is 28.8 Å². The van der Waals surface area contributed by atoms with Gasteiger partial charge < -0.3 is 4.74 Å². The molecule has 0 N–H and O–H groups in total. The molecule has 1 aromatic heterocycles. The van der Waals surface area contributed by atoms with Crippen molar-refractivity contribution in [1.82, 2.24) is 9.78 Å². The van der Waals surface area contributed by atoms with Crippen LogP contribution in [0.25, 0.3) is 0 Å². The molecule has 4 heteroatoms. The Bertz CT molecular complexity index is 613. The predicted molar refractivity (Wildman–Crippen MR) is 80.4 cm³/mol. The Morgan fingerprint density at radius 1 is 1.24 bits per heavy atom. The molecule has 1 saturated heterocycles. The summed E-state index contributed by atoms with van der Waals surface area (Å²) in [5.74, 6) is 0.163. The molecule has 21 heavy (non-hydrogen) atoms. The van der Waals surface area contributed by atoms with E-state index in [4.69, 9.17) is 4.74 Å². The minimum atomic E-state index is -0.480. The third kappa shape index (κ3) is 2.40. The number of aryl methyl sites for hydroxylation is 1. The highest BCUT2D eigenvalue weighted by atomic mass is 16.5. The van der Waals surface area contributed by atoms with Crippen LogP contribution in [-0.2, 0) is 16.7 Å². The van der Waals surface area contributed by atoms with Crippen molar-refractivity contribution in [2.24, 2.45) is 0 Å². The van der Waals surface area contributed by atoms with Crippen LogP contribution >= 0.6 is 0 Å². The molecule has 0 aliphatic carbocycles. The molecule has 0 amide bonds. The Morgan fingerprint density at radius 2 is 1.95 bits per heavy atom. The van der Waals surface area contributed by atoms with Gasteiger partial charge in [0, 0.05) is 26.0 Å². The van der Waals surface area contributed by atoms with Gasteiger partial charge in [0.2, 0.25) is 0 Å². The molecule has 2 aromatic rings. The molecular weight excluding hydrogens is 264 g/mol. The maximum Gasteiger partial charge on any atom is 0.191 e. The van der Waals surface area contributed by atoms with E-state index in [0.717, 1.165) is 18.4 Å². The van der Waals surface area contributed by atoms with E-state index in [1.807, 2.05) is 31.2 Å². The second kappa shape index (κ2) is 5.82. The van der Waals surface area contributed by atoms with Crippen LogP contribution in [0.1, 0.15) is 35.8 Å². The topological polar surface area (TPSA) is 44.1 Å². The zero-order valence-corrected chi connectivity index (χ0v) is 12.3. The molecule has 0 radical (unpaired) electrons. The molecule has 0 bridgehead atoms. The molecule has 1 fully saturated rings. The number of ketones is 1. The van der Waals surface area contributed by atoms with Crippen molar-refractivity contribution < 1.29 is 9.53 Å². The largest absolute Gasteiger partial charge is 0.381 e.